The van der Waals surface area contributed by atoms with Crippen LogP contribution in [0.25, 0.3) is 0 Å². The number of benzene rings is 1. The van der Waals surface area contributed by atoms with Gasteiger partial charge in [0, 0.05) is 27.3 Å². The highest BCUT2D eigenvalue weighted by Gasteiger charge is 2.12. The van der Waals surface area contributed by atoms with E-state index in [2.05, 4.69) is 5.32 Å². The van der Waals surface area contributed by atoms with E-state index in [4.69, 9.17) is 14.2 Å². The van der Waals surface area contributed by atoms with Gasteiger partial charge in [0.25, 0.3) is 0 Å². The number of hydrogen-bond acceptors (Lipinski definition) is 4. The Kier molecular flexibility index (Phi) is 7.32. The molecule has 0 fully saturated rings. The SMILES string of the molecule is COCCNCc1cc(F)c(OCCOC)c(F)c1. The van der Waals surface area contributed by atoms with Gasteiger partial charge < -0.3 is 19.5 Å². The van der Waals surface area contributed by atoms with Crippen molar-refractivity contribution in [2.75, 3.05) is 40.6 Å². The summed E-state index contributed by atoms with van der Waals surface area (Å²) in [4.78, 5) is 0. The molecule has 108 valence electrons. The van der Waals surface area contributed by atoms with Crippen molar-refractivity contribution in [3.8, 4) is 5.75 Å². The molecule has 0 aliphatic rings. The van der Waals surface area contributed by atoms with Gasteiger partial charge in [0.15, 0.2) is 17.4 Å². The molecule has 0 radical (unpaired) electrons. The van der Waals surface area contributed by atoms with Crippen LogP contribution >= 0.6 is 0 Å². The summed E-state index contributed by atoms with van der Waals surface area (Å²) in [5, 5.41) is 3.01. The molecular weight excluding hydrogens is 256 g/mol. The van der Waals surface area contributed by atoms with Crippen LogP contribution in [0, 0.1) is 11.6 Å². The summed E-state index contributed by atoms with van der Waals surface area (Å²) in [6, 6.07) is 2.51. The molecule has 0 heterocycles. The third kappa shape index (κ3) is 5.50. The Morgan fingerprint density at radius 2 is 1.63 bits per heavy atom. The van der Waals surface area contributed by atoms with Gasteiger partial charge in [0.1, 0.15) is 6.61 Å². The Hall–Kier alpha value is -1.24. The van der Waals surface area contributed by atoms with Crippen LogP contribution in [-0.4, -0.2) is 40.6 Å². The number of methoxy groups -OCH3 is 2. The van der Waals surface area contributed by atoms with Gasteiger partial charge in [0.2, 0.25) is 0 Å². The Morgan fingerprint density at radius 1 is 1.00 bits per heavy atom. The number of rotatable bonds is 9. The van der Waals surface area contributed by atoms with Crippen molar-refractivity contribution >= 4 is 0 Å². The summed E-state index contributed by atoms with van der Waals surface area (Å²) in [5.41, 5.74) is 0.519. The lowest BCUT2D eigenvalue weighted by atomic mass is 10.2. The van der Waals surface area contributed by atoms with E-state index in [0.717, 1.165) is 0 Å². The van der Waals surface area contributed by atoms with Crippen molar-refractivity contribution < 1.29 is 23.0 Å². The molecule has 0 aliphatic heterocycles. The average Bonchev–Trinajstić information content (AvgIpc) is 2.38. The van der Waals surface area contributed by atoms with Crippen LogP contribution < -0.4 is 10.1 Å². The Balaban J connectivity index is 2.57. The molecule has 0 bridgehead atoms. The lowest BCUT2D eigenvalue weighted by Gasteiger charge is -2.10. The van der Waals surface area contributed by atoms with Crippen LogP contribution in [0.5, 0.6) is 5.75 Å². The second kappa shape index (κ2) is 8.79. The van der Waals surface area contributed by atoms with Crippen LogP contribution in [-0.2, 0) is 16.0 Å². The second-order valence-electron chi connectivity index (χ2n) is 3.90. The van der Waals surface area contributed by atoms with E-state index in [0.29, 0.717) is 25.3 Å². The number of halogens is 2. The summed E-state index contributed by atoms with van der Waals surface area (Å²) in [7, 11) is 3.08. The van der Waals surface area contributed by atoms with Crippen molar-refractivity contribution in [3.05, 3.63) is 29.3 Å². The van der Waals surface area contributed by atoms with Gasteiger partial charge >= 0.3 is 0 Å². The maximum absolute atomic E-state index is 13.7. The largest absolute Gasteiger partial charge is 0.485 e. The predicted octanol–water partition coefficient (Wildman–Crippen LogP) is 1.73. The van der Waals surface area contributed by atoms with Gasteiger partial charge in [-0.25, -0.2) is 8.78 Å². The van der Waals surface area contributed by atoms with Gasteiger partial charge in [-0.15, -0.1) is 0 Å². The van der Waals surface area contributed by atoms with Crippen LogP contribution in [0.3, 0.4) is 0 Å². The molecule has 0 atom stereocenters. The van der Waals surface area contributed by atoms with E-state index in [1.807, 2.05) is 0 Å². The maximum atomic E-state index is 13.7. The summed E-state index contributed by atoms with van der Waals surface area (Å²) >= 11 is 0. The van der Waals surface area contributed by atoms with E-state index >= 15 is 0 Å². The minimum atomic E-state index is -0.709. The highest BCUT2D eigenvalue weighted by molar-refractivity contribution is 5.31. The van der Waals surface area contributed by atoms with Crippen molar-refractivity contribution in [1.82, 2.24) is 5.32 Å². The van der Waals surface area contributed by atoms with Gasteiger partial charge in [0.05, 0.1) is 13.2 Å². The first-order valence-corrected chi connectivity index (χ1v) is 5.98. The Labute approximate surface area is 111 Å². The summed E-state index contributed by atoms with van der Waals surface area (Å²) in [6.45, 7) is 1.92. The summed E-state index contributed by atoms with van der Waals surface area (Å²) in [5.74, 6) is -1.78. The molecule has 1 rings (SSSR count). The van der Waals surface area contributed by atoms with Crippen molar-refractivity contribution in [2.24, 2.45) is 0 Å². The van der Waals surface area contributed by atoms with Gasteiger partial charge in [-0.2, -0.15) is 0 Å². The number of ether oxygens (including phenoxy) is 3. The van der Waals surface area contributed by atoms with E-state index in [-0.39, 0.29) is 19.0 Å². The average molecular weight is 275 g/mol. The Morgan fingerprint density at radius 3 is 2.21 bits per heavy atom. The van der Waals surface area contributed by atoms with Crippen LogP contribution in [0.1, 0.15) is 5.56 Å². The lowest BCUT2D eigenvalue weighted by Crippen LogP contribution is -2.18. The maximum Gasteiger partial charge on any atom is 0.190 e. The van der Waals surface area contributed by atoms with Crippen molar-refractivity contribution in [1.29, 1.82) is 0 Å². The zero-order chi connectivity index (χ0) is 14.1. The van der Waals surface area contributed by atoms with Gasteiger partial charge in [-0.3, -0.25) is 0 Å². The molecule has 1 aromatic rings. The first-order chi connectivity index (χ1) is 9.19. The first kappa shape index (κ1) is 15.8. The summed E-state index contributed by atoms with van der Waals surface area (Å²) in [6.07, 6.45) is 0. The van der Waals surface area contributed by atoms with Crippen LogP contribution in [0.15, 0.2) is 12.1 Å². The van der Waals surface area contributed by atoms with Crippen LogP contribution in [0.2, 0.25) is 0 Å². The molecule has 0 spiro atoms. The lowest BCUT2D eigenvalue weighted by molar-refractivity contribution is 0.141. The standard InChI is InChI=1S/C13H19F2NO3/c1-17-4-3-16-9-10-7-11(14)13(12(15)8-10)19-6-5-18-2/h7-8,16H,3-6,9H2,1-2H3. The van der Waals surface area contributed by atoms with Gasteiger partial charge in [-0.1, -0.05) is 0 Å². The molecule has 19 heavy (non-hydrogen) atoms. The molecule has 0 amide bonds. The fraction of sp³-hybridized carbons (Fsp3) is 0.538. The first-order valence-electron chi connectivity index (χ1n) is 5.98. The molecule has 6 heteroatoms. The third-order valence-corrected chi connectivity index (χ3v) is 2.40. The molecule has 0 saturated carbocycles. The monoisotopic (exact) mass is 275 g/mol. The minimum Gasteiger partial charge on any atom is -0.485 e. The molecule has 0 unspecified atom stereocenters. The van der Waals surface area contributed by atoms with E-state index in [1.54, 1.807) is 7.11 Å². The second-order valence-corrected chi connectivity index (χ2v) is 3.90. The van der Waals surface area contributed by atoms with Crippen molar-refractivity contribution in [3.63, 3.8) is 0 Å². The molecule has 4 nitrogen and oxygen atoms in total. The normalized spacial score (nSPS) is 10.7. The van der Waals surface area contributed by atoms with E-state index in [1.165, 1.54) is 19.2 Å². The van der Waals surface area contributed by atoms with E-state index < -0.39 is 11.6 Å². The zero-order valence-electron chi connectivity index (χ0n) is 11.2. The quantitative estimate of drug-likeness (QED) is 0.697. The van der Waals surface area contributed by atoms with Crippen molar-refractivity contribution in [2.45, 2.75) is 6.54 Å². The predicted molar refractivity (Wildman–Crippen MR) is 67.3 cm³/mol. The number of nitrogens with one attached hydrogen (secondary N) is 1. The highest BCUT2D eigenvalue weighted by Crippen LogP contribution is 2.23. The third-order valence-electron chi connectivity index (χ3n) is 2.40. The molecule has 0 saturated heterocycles. The van der Waals surface area contributed by atoms with Gasteiger partial charge in [-0.05, 0) is 17.7 Å². The fourth-order valence-corrected chi connectivity index (χ4v) is 1.49. The molecule has 0 aliphatic carbocycles. The Bertz CT molecular complexity index is 365. The topological polar surface area (TPSA) is 39.7 Å². The van der Waals surface area contributed by atoms with Crippen LogP contribution in [0.4, 0.5) is 8.78 Å². The smallest absolute Gasteiger partial charge is 0.190 e. The molecule has 0 aromatic heterocycles. The van der Waals surface area contributed by atoms with E-state index in [9.17, 15) is 8.78 Å². The number of hydrogen-bond donors (Lipinski definition) is 1. The molecular formula is C13H19F2NO3. The highest BCUT2D eigenvalue weighted by atomic mass is 19.1. The summed E-state index contributed by atoms with van der Waals surface area (Å²) < 4.78 is 41.9. The zero-order valence-corrected chi connectivity index (χ0v) is 11.2. The molecule has 1 N–H and O–H groups in total. The molecule has 1 aromatic carbocycles. The minimum absolute atomic E-state index is 0.107. The fourth-order valence-electron chi connectivity index (χ4n) is 1.49.